The number of hydroxylamine groups is 4. The van der Waals surface area contributed by atoms with Gasteiger partial charge in [-0.15, -0.1) is 4.28 Å². The van der Waals surface area contributed by atoms with Crippen LogP contribution in [0.15, 0.2) is 10.6 Å². The summed E-state index contributed by atoms with van der Waals surface area (Å²) in [6.45, 7) is 21.3. The molecule has 4 rings (SSSR count). The van der Waals surface area contributed by atoms with Gasteiger partial charge in [-0.25, -0.2) is 14.4 Å². The van der Waals surface area contributed by atoms with Crippen molar-refractivity contribution >= 4 is 28.6 Å². The van der Waals surface area contributed by atoms with Crippen molar-refractivity contribution < 1.29 is 45.4 Å². The lowest BCUT2D eigenvalue weighted by Crippen LogP contribution is -2.51. The van der Waals surface area contributed by atoms with Crippen molar-refractivity contribution in [3.05, 3.63) is 17.5 Å². The third-order valence-electron chi connectivity index (χ3n) is 11.3. The molecule has 1 aromatic rings. The van der Waals surface area contributed by atoms with Crippen molar-refractivity contribution in [3.8, 4) is 0 Å². The van der Waals surface area contributed by atoms with Crippen LogP contribution in [0.1, 0.15) is 177 Å². The van der Waals surface area contributed by atoms with Gasteiger partial charge in [-0.2, -0.15) is 22.8 Å². The number of urea groups is 1. The lowest BCUT2D eigenvalue weighted by Gasteiger charge is -2.43. The Hall–Kier alpha value is -3.15. The van der Waals surface area contributed by atoms with E-state index in [2.05, 4.69) is 32.9 Å². The highest BCUT2D eigenvalue weighted by atomic mass is 32.3. The van der Waals surface area contributed by atoms with E-state index in [0.717, 1.165) is 69.3 Å². The van der Waals surface area contributed by atoms with Gasteiger partial charge in [-0.3, -0.25) is 0 Å². The molecule has 0 aliphatic carbocycles. The zero-order valence-electron chi connectivity index (χ0n) is 37.6. The number of nitrogens with zero attached hydrogens (tertiary/aromatic N) is 6. The number of ether oxygens (including phenoxy) is 2. The van der Waals surface area contributed by atoms with Crippen LogP contribution in [0.4, 0.5) is 14.4 Å². The number of hydrogen-bond acceptors (Lipinski definition) is 12. The van der Waals surface area contributed by atoms with Crippen LogP contribution in [0.25, 0.3) is 0 Å². The molecule has 3 aliphatic rings. The summed E-state index contributed by atoms with van der Waals surface area (Å²) < 4.78 is 56.0. The van der Waals surface area contributed by atoms with Gasteiger partial charge in [0.25, 0.3) is 0 Å². The summed E-state index contributed by atoms with van der Waals surface area (Å²) in [5, 5.41) is 6.95. The number of unbranched alkanes of at least 4 members (excludes halogenated alkanes) is 3. The van der Waals surface area contributed by atoms with E-state index in [1.54, 1.807) is 25.8 Å². The second-order valence-corrected chi connectivity index (χ2v) is 19.7. The molecule has 4 amide bonds. The molecule has 0 radical (unpaired) electrons. The summed E-state index contributed by atoms with van der Waals surface area (Å²) in [5.74, 6) is 0.534. The molecular formula is C42H74N6O10S. The quantitative estimate of drug-likeness (QED) is 0.108. The van der Waals surface area contributed by atoms with Crippen LogP contribution >= 0.6 is 0 Å². The first kappa shape index (κ1) is 48.5. The third-order valence-corrected chi connectivity index (χ3v) is 12.0. The molecule has 17 heteroatoms. The van der Waals surface area contributed by atoms with Crippen molar-refractivity contribution in [3.63, 3.8) is 0 Å². The van der Waals surface area contributed by atoms with E-state index >= 15 is 0 Å². The lowest BCUT2D eigenvalue weighted by molar-refractivity contribution is -0.172. The third kappa shape index (κ3) is 13.7. The molecule has 16 nitrogen and oxygen atoms in total. The number of likely N-dealkylation sites (tertiary alicyclic amines) is 1. The Morgan fingerprint density at radius 2 is 1.47 bits per heavy atom. The standard InChI is InChI=1S/C42H74N6O10S/c1-11-15-24-42(23-14-4,25-16-12-2)47(26-17-13-3)57-59(52,53)58-48-33-18-19-36(46(31-33)37(48)49)35-30-34(56-43-35)22-29-45(39(51)55-41(8,9)10)32-20-27-44(28-21-32)38(50)54-40(5,6)7/h30,32-33,36H,11-29,31H2,1-10H3/t33-,36-/m0/s1. The molecule has 0 saturated carbocycles. The van der Waals surface area contributed by atoms with Crippen LogP contribution in [-0.2, 0) is 34.9 Å². The first-order valence-electron chi connectivity index (χ1n) is 22.2. The number of piperidine rings is 2. The number of carbonyl (C=O) groups excluding carboxylic acids is 3. The second-order valence-electron chi connectivity index (χ2n) is 18.5. The molecule has 2 bridgehead atoms. The molecule has 3 aliphatic heterocycles. The zero-order chi connectivity index (χ0) is 43.6. The number of fused-ring (bicyclic) bond motifs is 2. The summed E-state index contributed by atoms with van der Waals surface area (Å²) in [6, 6.07) is 0.140. The van der Waals surface area contributed by atoms with Crippen molar-refractivity contribution in [2.45, 2.75) is 200 Å². The topological polar surface area (TPSA) is 164 Å². The van der Waals surface area contributed by atoms with Gasteiger partial charge in [0.1, 0.15) is 22.7 Å². The molecule has 1 aromatic heterocycles. The molecule has 0 N–H and O–H groups in total. The van der Waals surface area contributed by atoms with E-state index in [-0.39, 0.29) is 18.7 Å². The molecule has 2 atom stereocenters. The summed E-state index contributed by atoms with van der Waals surface area (Å²) in [5.41, 5.74) is -1.22. The number of aromatic nitrogens is 1. The molecule has 3 fully saturated rings. The predicted molar refractivity (Wildman–Crippen MR) is 223 cm³/mol. The van der Waals surface area contributed by atoms with Crippen LogP contribution in [0, 0.1) is 0 Å². The summed E-state index contributed by atoms with van der Waals surface area (Å²) in [7, 11) is -4.65. The Kier molecular flexibility index (Phi) is 17.3. The number of amides is 4. The SMILES string of the molecule is CCCCN(OS(=O)(=O)ON1C(=O)N2C[C@@H]1CC[C@H]2c1cc(CCN(C(=O)OC(C)(C)C)C2CCN(C(=O)OC(C)(C)C)CC2)on1)C(CCC)(CCCC)CCCC. The molecule has 59 heavy (non-hydrogen) atoms. The molecule has 0 unspecified atom stereocenters. The minimum atomic E-state index is -4.65. The molecule has 3 saturated heterocycles. The summed E-state index contributed by atoms with van der Waals surface area (Å²) in [6.07, 6.45) is 10.5. The number of carbonyl (C=O) groups is 3. The number of hydrogen-bond donors (Lipinski definition) is 0. The molecular weight excluding hydrogens is 781 g/mol. The van der Waals surface area contributed by atoms with E-state index < -0.39 is 51.3 Å². The fourth-order valence-corrected chi connectivity index (χ4v) is 9.27. The van der Waals surface area contributed by atoms with Gasteiger partial charge >= 0.3 is 28.6 Å². The normalized spacial score (nSPS) is 19.5. The zero-order valence-corrected chi connectivity index (χ0v) is 38.4. The van der Waals surface area contributed by atoms with E-state index in [4.69, 9.17) is 22.6 Å². The fourth-order valence-electron chi connectivity index (χ4n) is 8.41. The highest BCUT2D eigenvalue weighted by Gasteiger charge is 2.50. The first-order valence-corrected chi connectivity index (χ1v) is 23.5. The largest absolute Gasteiger partial charge is 0.444 e. The maximum Gasteiger partial charge on any atom is 0.437 e. The molecule has 4 heterocycles. The van der Waals surface area contributed by atoms with Gasteiger partial charge in [0.05, 0.1) is 12.1 Å². The fraction of sp³-hybridized carbons (Fsp3) is 0.857. The Morgan fingerprint density at radius 3 is 2.05 bits per heavy atom. The van der Waals surface area contributed by atoms with Crippen molar-refractivity contribution in [1.82, 2.24) is 30.0 Å². The summed E-state index contributed by atoms with van der Waals surface area (Å²) >= 11 is 0. The maximum atomic E-state index is 13.9. The van der Waals surface area contributed by atoms with Crippen molar-refractivity contribution in [2.75, 3.05) is 32.7 Å². The van der Waals surface area contributed by atoms with Crippen LogP contribution in [0.5, 0.6) is 0 Å². The minimum Gasteiger partial charge on any atom is -0.444 e. The maximum absolute atomic E-state index is 13.9. The van der Waals surface area contributed by atoms with E-state index in [0.29, 0.717) is 69.7 Å². The Balaban J connectivity index is 1.43. The Morgan fingerprint density at radius 1 is 0.847 bits per heavy atom. The highest BCUT2D eigenvalue weighted by Crippen LogP contribution is 2.40. The van der Waals surface area contributed by atoms with Crippen LogP contribution < -0.4 is 0 Å². The average Bonchev–Trinajstić information content (AvgIpc) is 3.72. The van der Waals surface area contributed by atoms with E-state index in [1.165, 1.54) is 0 Å². The van der Waals surface area contributed by atoms with Crippen molar-refractivity contribution in [2.24, 2.45) is 0 Å². The highest BCUT2D eigenvalue weighted by molar-refractivity contribution is 7.81. The lowest BCUT2D eigenvalue weighted by atomic mass is 9.82. The van der Waals surface area contributed by atoms with Crippen molar-refractivity contribution in [1.29, 1.82) is 0 Å². The Bertz CT molecular complexity index is 1610. The van der Waals surface area contributed by atoms with E-state index in [1.807, 2.05) is 41.5 Å². The van der Waals surface area contributed by atoms with Gasteiger partial charge < -0.3 is 28.7 Å². The predicted octanol–water partition coefficient (Wildman–Crippen LogP) is 8.92. The van der Waals surface area contributed by atoms with Gasteiger partial charge in [-0.05, 0) is 92.9 Å². The monoisotopic (exact) mass is 855 g/mol. The van der Waals surface area contributed by atoms with Gasteiger partial charge in [0, 0.05) is 56.8 Å². The van der Waals surface area contributed by atoms with Gasteiger partial charge in [-0.1, -0.05) is 71.4 Å². The minimum absolute atomic E-state index is 0.163. The van der Waals surface area contributed by atoms with Crippen LogP contribution in [0.2, 0.25) is 0 Å². The Labute approximate surface area is 353 Å². The molecule has 338 valence electrons. The van der Waals surface area contributed by atoms with Gasteiger partial charge in [0.2, 0.25) is 0 Å². The van der Waals surface area contributed by atoms with E-state index in [9.17, 15) is 22.8 Å². The van der Waals surface area contributed by atoms with Crippen LogP contribution in [0.3, 0.4) is 0 Å². The smallest absolute Gasteiger partial charge is 0.437 e. The first-order chi connectivity index (χ1) is 27.7. The second kappa shape index (κ2) is 21.1. The van der Waals surface area contributed by atoms with Crippen LogP contribution in [-0.4, -0.2) is 118 Å². The van der Waals surface area contributed by atoms with Gasteiger partial charge in [0.15, 0.2) is 0 Å². The summed E-state index contributed by atoms with van der Waals surface area (Å²) in [4.78, 5) is 45.0. The molecule has 0 aromatic carbocycles. The average molecular weight is 855 g/mol. The molecule has 0 spiro atoms. The number of rotatable bonds is 21.